The van der Waals surface area contributed by atoms with Crippen molar-refractivity contribution in [3.63, 3.8) is 0 Å². The molecule has 2 heterocycles. The van der Waals surface area contributed by atoms with Gasteiger partial charge in [0.15, 0.2) is 0 Å². The van der Waals surface area contributed by atoms with Crippen molar-refractivity contribution >= 4 is 33.2 Å². The number of aryl methyl sites for hydroxylation is 1. The van der Waals surface area contributed by atoms with Crippen molar-refractivity contribution in [1.29, 1.82) is 0 Å². The van der Waals surface area contributed by atoms with Crippen LogP contribution in [0.2, 0.25) is 0 Å². The van der Waals surface area contributed by atoms with Crippen LogP contribution in [0.4, 0.5) is 0 Å². The first-order chi connectivity index (χ1) is 12.0. The van der Waals surface area contributed by atoms with Crippen LogP contribution in [0.3, 0.4) is 0 Å². The molecule has 5 nitrogen and oxygen atoms in total. The van der Waals surface area contributed by atoms with Gasteiger partial charge in [0, 0.05) is 23.6 Å². The van der Waals surface area contributed by atoms with Crippen LogP contribution in [-0.4, -0.2) is 22.2 Å². The van der Waals surface area contributed by atoms with E-state index in [4.69, 9.17) is 11.5 Å². The van der Waals surface area contributed by atoms with Gasteiger partial charge in [-0.25, -0.2) is 0 Å². The minimum absolute atomic E-state index is 0.00231. The Morgan fingerprint density at radius 2 is 2.04 bits per heavy atom. The lowest BCUT2D eigenvalue weighted by molar-refractivity contribution is 0.100. The number of nitrogens with zero attached hydrogens (tertiary/aromatic N) is 2. The average Bonchev–Trinajstić information content (AvgIpc) is 3.17. The molecule has 1 amide bonds. The molecule has 0 saturated carbocycles. The molecule has 4 N–H and O–H groups in total. The van der Waals surface area contributed by atoms with Crippen LogP contribution in [0.1, 0.15) is 26.7 Å². The number of primary amides is 1. The minimum atomic E-state index is -0.430. The number of nitrogens with two attached hydrogens (primary N) is 2. The lowest BCUT2D eigenvalue weighted by Crippen LogP contribution is -2.19. The molecule has 3 rings (SSSR count). The monoisotopic (exact) mass is 418 g/mol. The summed E-state index contributed by atoms with van der Waals surface area (Å²) in [5, 5.41) is 4.21. The Morgan fingerprint density at radius 1 is 1.32 bits per heavy atom. The van der Waals surface area contributed by atoms with Crippen molar-refractivity contribution < 1.29 is 4.79 Å². The number of thiophene rings is 1. The standard InChI is InChI=1S/C18H19BrN4OS/c1-23-13(7-8-22-23)16-15(19)14(17(25-16)18(21)24)12(10-20)9-11-5-3-2-4-6-11/h2-8,12H,9-10,20H2,1H3,(H2,21,24). The van der Waals surface area contributed by atoms with Gasteiger partial charge in [0.05, 0.1) is 15.4 Å². The van der Waals surface area contributed by atoms with Gasteiger partial charge in [-0.1, -0.05) is 30.3 Å². The van der Waals surface area contributed by atoms with E-state index in [9.17, 15) is 4.79 Å². The van der Waals surface area contributed by atoms with Crippen molar-refractivity contribution in [1.82, 2.24) is 9.78 Å². The summed E-state index contributed by atoms with van der Waals surface area (Å²) in [7, 11) is 1.87. The van der Waals surface area contributed by atoms with E-state index in [0.717, 1.165) is 27.0 Å². The van der Waals surface area contributed by atoms with E-state index >= 15 is 0 Å². The Kier molecular flexibility index (Phi) is 5.36. The number of amides is 1. The third-order valence-electron chi connectivity index (χ3n) is 4.18. The highest BCUT2D eigenvalue weighted by Crippen LogP contribution is 2.44. The number of hydrogen-bond donors (Lipinski definition) is 2. The molecule has 0 spiro atoms. The first kappa shape index (κ1) is 17.8. The quantitative estimate of drug-likeness (QED) is 0.643. The van der Waals surface area contributed by atoms with E-state index in [1.807, 2.05) is 31.3 Å². The molecule has 130 valence electrons. The molecule has 0 saturated heterocycles. The summed E-state index contributed by atoms with van der Waals surface area (Å²) in [6.45, 7) is 0.426. The summed E-state index contributed by atoms with van der Waals surface area (Å²) in [5.41, 5.74) is 14.7. The highest BCUT2D eigenvalue weighted by Gasteiger charge is 2.27. The molecule has 1 aromatic carbocycles. The Hall–Kier alpha value is -1.96. The van der Waals surface area contributed by atoms with Gasteiger partial charge in [0.1, 0.15) is 0 Å². The maximum absolute atomic E-state index is 12.1. The molecule has 25 heavy (non-hydrogen) atoms. The average molecular weight is 419 g/mol. The fourth-order valence-electron chi connectivity index (χ4n) is 2.93. The third-order valence-corrected chi connectivity index (χ3v) is 6.51. The Morgan fingerprint density at radius 3 is 2.60 bits per heavy atom. The van der Waals surface area contributed by atoms with Crippen LogP contribution in [0.5, 0.6) is 0 Å². The largest absolute Gasteiger partial charge is 0.365 e. The third kappa shape index (κ3) is 3.53. The summed E-state index contributed by atoms with van der Waals surface area (Å²) in [4.78, 5) is 13.6. The summed E-state index contributed by atoms with van der Waals surface area (Å²) in [6.07, 6.45) is 2.48. The molecule has 0 fully saturated rings. The number of rotatable bonds is 6. The molecular formula is C18H19BrN4OS. The molecule has 7 heteroatoms. The van der Waals surface area contributed by atoms with E-state index in [0.29, 0.717) is 11.4 Å². The smallest absolute Gasteiger partial charge is 0.259 e. The van der Waals surface area contributed by atoms with Crippen LogP contribution in [-0.2, 0) is 13.5 Å². The predicted octanol–water partition coefficient (Wildman–Crippen LogP) is 3.30. The van der Waals surface area contributed by atoms with E-state index in [1.54, 1.807) is 10.9 Å². The Labute approximate surface area is 158 Å². The van der Waals surface area contributed by atoms with Gasteiger partial charge in [-0.3, -0.25) is 9.48 Å². The molecular weight excluding hydrogens is 400 g/mol. The SMILES string of the molecule is Cn1nccc1-c1sc(C(N)=O)c(C(CN)Cc2ccccc2)c1Br. The molecule has 0 aliphatic rings. The van der Waals surface area contributed by atoms with E-state index < -0.39 is 5.91 Å². The first-order valence-electron chi connectivity index (χ1n) is 7.87. The van der Waals surface area contributed by atoms with Gasteiger partial charge in [0.25, 0.3) is 5.91 Å². The van der Waals surface area contributed by atoms with E-state index in [2.05, 4.69) is 33.2 Å². The van der Waals surface area contributed by atoms with Gasteiger partial charge in [-0.2, -0.15) is 5.10 Å². The number of carbonyl (C=O) groups excluding carboxylic acids is 1. The molecule has 2 aromatic heterocycles. The van der Waals surface area contributed by atoms with Crippen molar-refractivity contribution in [2.45, 2.75) is 12.3 Å². The number of halogens is 1. The summed E-state index contributed by atoms with van der Waals surface area (Å²) in [6, 6.07) is 12.0. The molecule has 1 unspecified atom stereocenters. The summed E-state index contributed by atoms with van der Waals surface area (Å²) >= 11 is 5.07. The Balaban J connectivity index is 2.08. The van der Waals surface area contributed by atoms with Crippen LogP contribution in [0.25, 0.3) is 10.6 Å². The summed E-state index contributed by atoms with van der Waals surface area (Å²) < 4.78 is 2.65. The fourth-order valence-corrected chi connectivity index (χ4v) is 5.22. The van der Waals surface area contributed by atoms with Crippen LogP contribution in [0, 0.1) is 0 Å². The van der Waals surface area contributed by atoms with Crippen molar-refractivity contribution in [2.75, 3.05) is 6.54 Å². The maximum atomic E-state index is 12.1. The second-order valence-corrected chi connectivity index (χ2v) is 7.63. The van der Waals surface area contributed by atoms with Gasteiger partial charge in [-0.15, -0.1) is 11.3 Å². The van der Waals surface area contributed by atoms with Gasteiger partial charge < -0.3 is 11.5 Å². The second-order valence-electron chi connectivity index (χ2n) is 5.81. The van der Waals surface area contributed by atoms with Gasteiger partial charge in [-0.05, 0) is 46.1 Å². The number of benzene rings is 1. The molecule has 3 aromatic rings. The number of hydrogen-bond acceptors (Lipinski definition) is 4. The van der Waals surface area contributed by atoms with Crippen LogP contribution < -0.4 is 11.5 Å². The van der Waals surface area contributed by atoms with E-state index in [-0.39, 0.29) is 5.92 Å². The maximum Gasteiger partial charge on any atom is 0.259 e. The highest BCUT2D eigenvalue weighted by atomic mass is 79.9. The fraction of sp³-hybridized carbons (Fsp3) is 0.222. The first-order valence-corrected chi connectivity index (χ1v) is 9.48. The van der Waals surface area contributed by atoms with Crippen LogP contribution >= 0.6 is 27.3 Å². The summed E-state index contributed by atoms with van der Waals surface area (Å²) in [5.74, 6) is -0.432. The second kappa shape index (κ2) is 7.51. The minimum Gasteiger partial charge on any atom is -0.365 e. The number of aromatic nitrogens is 2. The molecule has 0 bridgehead atoms. The number of carbonyl (C=O) groups is 1. The Bertz CT molecular complexity index is 888. The topological polar surface area (TPSA) is 86.9 Å². The molecule has 0 radical (unpaired) electrons. The highest BCUT2D eigenvalue weighted by molar-refractivity contribution is 9.10. The zero-order chi connectivity index (χ0) is 18.0. The van der Waals surface area contributed by atoms with Gasteiger partial charge >= 0.3 is 0 Å². The molecule has 1 atom stereocenters. The van der Waals surface area contributed by atoms with Crippen LogP contribution in [0.15, 0.2) is 47.1 Å². The van der Waals surface area contributed by atoms with Crippen molar-refractivity contribution in [3.05, 3.63) is 63.1 Å². The lowest BCUT2D eigenvalue weighted by atomic mass is 9.91. The lowest BCUT2D eigenvalue weighted by Gasteiger charge is -2.16. The molecule has 0 aliphatic heterocycles. The predicted molar refractivity (Wildman–Crippen MR) is 105 cm³/mol. The van der Waals surface area contributed by atoms with Gasteiger partial charge in [0.2, 0.25) is 0 Å². The zero-order valence-corrected chi connectivity index (χ0v) is 16.2. The zero-order valence-electron chi connectivity index (χ0n) is 13.8. The molecule has 0 aliphatic carbocycles. The van der Waals surface area contributed by atoms with Crippen molar-refractivity contribution in [2.24, 2.45) is 18.5 Å². The normalized spacial score (nSPS) is 12.3. The van der Waals surface area contributed by atoms with Crippen molar-refractivity contribution in [3.8, 4) is 10.6 Å². The van der Waals surface area contributed by atoms with E-state index in [1.165, 1.54) is 16.9 Å².